The summed E-state index contributed by atoms with van der Waals surface area (Å²) in [7, 11) is -4.36. The third-order valence-corrected chi connectivity index (χ3v) is 5.13. The first kappa shape index (κ1) is 23.8. The largest absolute Gasteiger partial charge is 0.444 e. The second-order valence-electron chi connectivity index (χ2n) is 7.73. The summed E-state index contributed by atoms with van der Waals surface area (Å²) in [4.78, 5) is 28.1. The van der Waals surface area contributed by atoms with Crippen molar-refractivity contribution < 1.29 is 27.3 Å². The van der Waals surface area contributed by atoms with Crippen LogP contribution in [0.3, 0.4) is 0 Å². The van der Waals surface area contributed by atoms with Gasteiger partial charge in [-0.2, -0.15) is 8.42 Å². The second kappa shape index (κ2) is 9.54. The SMILES string of the molecule is CC(=O)Cc1csc(C(Cc2ccc(NS(=O)(=O)O)cc2)NC(=O)OC(C)(C)C)n1. The van der Waals surface area contributed by atoms with Gasteiger partial charge in [0, 0.05) is 11.8 Å². The molecule has 0 fully saturated rings. The van der Waals surface area contributed by atoms with Gasteiger partial charge in [0.05, 0.1) is 17.4 Å². The molecule has 0 bridgehead atoms. The van der Waals surface area contributed by atoms with Crippen molar-refractivity contribution in [2.45, 2.75) is 52.2 Å². The Morgan fingerprint density at radius 2 is 1.87 bits per heavy atom. The zero-order valence-electron chi connectivity index (χ0n) is 17.1. The van der Waals surface area contributed by atoms with Crippen LogP contribution in [-0.4, -0.2) is 35.4 Å². The third kappa shape index (κ3) is 8.47. The topological polar surface area (TPSA) is 135 Å². The number of carbonyl (C=O) groups is 2. The molecule has 1 unspecified atom stereocenters. The van der Waals surface area contributed by atoms with Gasteiger partial charge in [0.15, 0.2) is 0 Å². The summed E-state index contributed by atoms with van der Waals surface area (Å²) in [5.41, 5.74) is 0.961. The Morgan fingerprint density at radius 3 is 2.40 bits per heavy atom. The van der Waals surface area contributed by atoms with Crippen LogP contribution in [0.2, 0.25) is 0 Å². The molecule has 0 radical (unpaired) electrons. The van der Waals surface area contributed by atoms with Crippen molar-refractivity contribution in [3.63, 3.8) is 0 Å². The highest BCUT2D eigenvalue weighted by molar-refractivity contribution is 7.87. The monoisotopic (exact) mass is 455 g/mol. The van der Waals surface area contributed by atoms with E-state index in [2.05, 4.69) is 10.3 Å². The van der Waals surface area contributed by atoms with Crippen molar-refractivity contribution in [2.75, 3.05) is 4.72 Å². The van der Waals surface area contributed by atoms with Gasteiger partial charge in [0.1, 0.15) is 16.4 Å². The van der Waals surface area contributed by atoms with Gasteiger partial charge in [-0.1, -0.05) is 12.1 Å². The van der Waals surface area contributed by atoms with Crippen LogP contribution in [0.25, 0.3) is 0 Å². The Hall–Kier alpha value is -2.50. The van der Waals surface area contributed by atoms with Crippen LogP contribution in [0.15, 0.2) is 29.6 Å². The van der Waals surface area contributed by atoms with Gasteiger partial charge in [-0.3, -0.25) is 14.1 Å². The van der Waals surface area contributed by atoms with E-state index in [1.54, 1.807) is 38.3 Å². The molecule has 1 atom stereocenters. The lowest BCUT2D eigenvalue weighted by Crippen LogP contribution is -2.35. The van der Waals surface area contributed by atoms with E-state index >= 15 is 0 Å². The molecule has 9 nitrogen and oxygen atoms in total. The number of Topliss-reactive ketones (excluding diaryl/α,β-unsaturated/α-hetero) is 1. The van der Waals surface area contributed by atoms with Crippen molar-refractivity contribution in [3.8, 4) is 0 Å². The lowest BCUT2D eigenvalue weighted by molar-refractivity contribution is -0.116. The number of aromatic nitrogens is 1. The van der Waals surface area contributed by atoms with Crippen molar-refractivity contribution in [3.05, 3.63) is 45.9 Å². The van der Waals surface area contributed by atoms with Crippen LogP contribution in [0.5, 0.6) is 0 Å². The quantitative estimate of drug-likeness (QED) is 0.520. The number of amides is 1. The Balaban J connectivity index is 2.21. The normalized spacial score (nSPS) is 12.8. The Bertz CT molecular complexity index is 994. The number of thiazole rings is 1. The van der Waals surface area contributed by atoms with Crippen LogP contribution >= 0.6 is 11.3 Å². The Morgan fingerprint density at radius 1 is 1.23 bits per heavy atom. The molecule has 0 aliphatic carbocycles. The third-order valence-electron chi connectivity index (χ3n) is 3.63. The molecule has 0 spiro atoms. The molecule has 0 saturated carbocycles. The number of alkyl carbamates (subject to hydrolysis) is 1. The molecule has 0 aliphatic heterocycles. The first-order chi connectivity index (χ1) is 13.8. The predicted molar refractivity (Wildman–Crippen MR) is 114 cm³/mol. The summed E-state index contributed by atoms with van der Waals surface area (Å²) in [6.07, 6.45) is -0.0233. The van der Waals surface area contributed by atoms with Crippen LogP contribution in [0.4, 0.5) is 10.5 Å². The van der Waals surface area contributed by atoms with Crippen molar-refractivity contribution in [2.24, 2.45) is 0 Å². The number of ether oxygens (including phenoxy) is 1. The minimum absolute atomic E-state index is 0.00886. The maximum absolute atomic E-state index is 12.3. The van der Waals surface area contributed by atoms with Crippen LogP contribution in [-0.2, 0) is 32.7 Å². The van der Waals surface area contributed by atoms with E-state index in [0.29, 0.717) is 17.1 Å². The summed E-state index contributed by atoms with van der Waals surface area (Å²) >= 11 is 1.33. The number of benzene rings is 1. The summed E-state index contributed by atoms with van der Waals surface area (Å²) in [5.74, 6) is -0.00886. The lowest BCUT2D eigenvalue weighted by atomic mass is 10.1. The van der Waals surface area contributed by atoms with Crippen molar-refractivity contribution >= 4 is 39.2 Å². The number of carbonyl (C=O) groups excluding carboxylic acids is 2. The first-order valence-corrected chi connectivity index (χ1v) is 11.4. The van der Waals surface area contributed by atoms with Crippen LogP contribution < -0.4 is 10.0 Å². The Kier molecular flexibility index (Phi) is 7.56. The van der Waals surface area contributed by atoms with E-state index in [1.807, 2.05) is 4.72 Å². The fraction of sp³-hybridized carbons (Fsp3) is 0.421. The van der Waals surface area contributed by atoms with Crippen molar-refractivity contribution in [1.82, 2.24) is 10.3 Å². The standard InChI is InChI=1S/C19H25N3O6S2/c1-12(23)9-15-11-29-17(20-15)16(21-18(24)28-19(2,3)4)10-13-5-7-14(8-6-13)22-30(25,26)27/h5-8,11,16,22H,9-10H2,1-4H3,(H,21,24)(H,25,26,27). The number of ketones is 1. The predicted octanol–water partition coefficient (Wildman–Crippen LogP) is 3.30. The van der Waals surface area contributed by atoms with Crippen molar-refractivity contribution in [1.29, 1.82) is 0 Å². The average Bonchev–Trinajstić information content (AvgIpc) is 3.00. The highest BCUT2D eigenvalue weighted by atomic mass is 32.2. The van der Waals surface area contributed by atoms with E-state index < -0.39 is 28.0 Å². The minimum atomic E-state index is -4.36. The number of hydrogen-bond donors (Lipinski definition) is 3. The van der Waals surface area contributed by atoms with E-state index in [1.165, 1.54) is 30.4 Å². The fourth-order valence-corrected chi connectivity index (χ4v) is 3.87. The van der Waals surface area contributed by atoms with Gasteiger partial charge in [0.25, 0.3) is 0 Å². The number of rotatable bonds is 8. The zero-order valence-corrected chi connectivity index (χ0v) is 18.8. The fourth-order valence-electron chi connectivity index (χ4n) is 2.56. The van der Waals surface area contributed by atoms with Gasteiger partial charge in [-0.25, -0.2) is 9.78 Å². The minimum Gasteiger partial charge on any atom is -0.444 e. The highest BCUT2D eigenvalue weighted by Crippen LogP contribution is 2.24. The van der Waals surface area contributed by atoms with Gasteiger partial charge in [-0.15, -0.1) is 11.3 Å². The highest BCUT2D eigenvalue weighted by Gasteiger charge is 2.23. The zero-order chi connectivity index (χ0) is 22.5. The summed E-state index contributed by atoms with van der Waals surface area (Å²) < 4.78 is 38.0. The molecule has 1 heterocycles. The maximum atomic E-state index is 12.3. The summed E-state index contributed by atoms with van der Waals surface area (Å²) in [6, 6.07) is 5.82. The second-order valence-corrected chi connectivity index (χ2v) is 9.78. The molecule has 1 amide bonds. The number of hydrogen-bond acceptors (Lipinski definition) is 7. The lowest BCUT2D eigenvalue weighted by Gasteiger charge is -2.23. The summed E-state index contributed by atoms with van der Waals surface area (Å²) in [6.45, 7) is 6.77. The van der Waals surface area contributed by atoms with Crippen LogP contribution in [0.1, 0.15) is 50.0 Å². The van der Waals surface area contributed by atoms with E-state index in [-0.39, 0.29) is 17.9 Å². The van der Waals surface area contributed by atoms with Crippen LogP contribution in [0, 0.1) is 0 Å². The number of nitrogens with one attached hydrogen (secondary N) is 2. The molecule has 2 rings (SSSR count). The van der Waals surface area contributed by atoms with Gasteiger partial charge < -0.3 is 10.1 Å². The maximum Gasteiger partial charge on any atom is 0.408 e. The molecular weight excluding hydrogens is 430 g/mol. The molecule has 1 aromatic heterocycles. The van der Waals surface area contributed by atoms with Gasteiger partial charge in [-0.05, 0) is 51.8 Å². The summed E-state index contributed by atoms with van der Waals surface area (Å²) in [5, 5.41) is 5.21. The molecule has 11 heteroatoms. The average molecular weight is 456 g/mol. The molecule has 0 saturated heterocycles. The molecule has 0 aliphatic rings. The number of nitrogens with zero attached hydrogens (tertiary/aromatic N) is 1. The first-order valence-electron chi connectivity index (χ1n) is 9.08. The van der Waals surface area contributed by atoms with E-state index in [0.717, 1.165) is 5.56 Å². The van der Waals surface area contributed by atoms with E-state index in [9.17, 15) is 18.0 Å². The molecule has 30 heavy (non-hydrogen) atoms. The molecule has 3 N–H and O–H groups in total. The molecule has 2 aromatic rings. The number of anilines is 1. The smallest absolute Gasteiger partial charge is 0.408 e. The molecule has 164 valence electrons. The van der Waals surface area contributed by atoms with Gasteiger partial charge in [0.2, 0.25) is 0 Å². The van der Waals surface area contributed by atoms with E-state index in [4.69, 9.17) is 9.29 Å². The molecular formula is C19H25N3O6S2. The van der Waals surface area contributed by atoms with Gasteiger partial charge >= 0.3 is 16.4 Å². The molecule has 1 aromatic carbocycles. The Labute approximate surface area is 179 Å².